The number of unbranched alkanes of at least 4 members (excludes halogenated alkanes) is 1. The molecule has 0 radical (unpaired) electrons. The highest BCUT2D eigenvalue weighted by atomic mass is 32.2. The Kier molecular flexibility index (Phi) is 5.85. The van der Waals surface area contributed by atoms with Crippen molar-refractivity contribution in [1.29, 1.82) is 5.26 Å². The van der Waals surface area contributed by atoms with Crippen LogP contribution in [0.25, 0.3) is 0 Å². The van der Waals surface area contributed by atoms with Crippen LogP contribution >= 0.6 is 0 Å². The summed E-state index contributed by atoms with van der Waals surface area (Å²) >= 11 is 0. The number of hydrogen-bond donors (Lipinski definition) is 1. The molecule has 5 nitrogen and oxygen atoms in total. The van der Waals surface area contributed by atoms with Crippen LogP contribution in [0.3, 0.4) is 0 Å². The van der Waals surface area contributed by atoms with Gasteiger partial charge >= 0.3 is 0 Å². The highest BCUT2D eigenvalue weighted by Crippen LogP contribution is 2.22. The number of aromatic nitrogens is 1. The number of nitrogens with one attached hydrogen (secondary N) is 1. The van der Waals surface area contributed by atoms with Gasteiger partial charge in [-0.15, -0.1) is 0 Å². The van der Waals surface area contributed by atoms with Gasteiger partial charge in [-0.25, -0.2) is 13.1 Å². The van der Waals surface area contributed by atoms with E-state index in [9.17, 15) is 8.42 Å². The fourth-order valence-electron chi connectivity index (χ4n) is 2.25. The van der Waals surface area contributed by atoms with Gasteiger partial charge in [0.25, 0.3) is 0 Å². The Bertz CT molecular complexity index is 766. The highest BCUT2D eigenvalue weighted by Gasteiger charge is 2.21. The van der Waals surface area contributed by atoms with Crippen LogP contribution in [0.15, 0.2) is 53.7 Å². The SMILES string of the molecule is CCCCC(NS(=O)(=O)c1ccc(C#N)cc1)c1cccnc1. The van der Waals surface area contributed by atoms with Crippen molar-refractivity contribution in [2.24, 2.45) is 0 Å². The average Bonchev–Trinajstić information content (AvgIpc) is 2.59. The second-order valence-electron chi connectivity index (χ2n) is 5.24. The lowest BCUT2D eigenvalue weighted by atomic mass is 10.0. The predicted molar refractivity (Wildman–Crippen MR) is 88.0 cm³/mol. The molecule has 0 bridgehead atoms. The van der Waals surface area contributed by atoms with Crippen molar-refractivity contribution in [2.45, 2.75) is 37.1 Å². The lowest BCUT2D eigenvalue weighted by Gasteiger charge is -2.18. The van der Waals surface area contributed by atoms with Crippen LogP contribution < -0.4 is 4.72 Å². The lowest BCUT2D eigenvalue weighted by Crippen LogP contribution is -2.28. The molecule has 0 aliphatic rings. The zero-order chi connectivity index (χ0) is 16.7. The molecule has 6 heteroatoms. The fraction of sp³-hybridized carbons (Fsp3) is 0.294. The molecule has 1 N–H and O–H groups in total. The second kappa shape index (κ2) is 7.86. The van der Waals surface area contributed by atoms with Gasteiger partial charge in [-0.2, -0.15) is 5.26 Å². The van der Waals surface area contributed by atoms with E-state index in [4.69, 9.17) is 5.26 Å². The Hall–Kier alpha value is -2.23. The van der Waals surface area contributed by atoms with Gasteiger partial charge in [0, 0.05) is 18.4 Å². The van der Waals surface area contributed by atoms with E-state index in [-0.39, 0.29) is 10.9 Å². The van der Waals surface area contributed by atoms with Crippen molar-refractivity contribution in [2.75, 3.05) is 0 Å². The molecular formula is C17H19N3O2S. The summed E-state index contributed by atoms with van der Waals surface area (Å²) < 4.78 is 27.9. The number of nitriles is 1. The third-order valence-corrected chi connectivity index (χ3v) is 5.01. The minimum absolute atomic E-state index is 0.155. The predicted octanol–water partition coefficient (Wildman–Crippen LogP) is 3.16. The molecule has 0 saturated heterocycles. The van der Waals surface area contributed by atoms with Crippen molar-refractivity contribution in [3.63, 3.8) is 0 Å². The summed E-state index contributed by atoms with van der Waals surface area (Å²) in [6, 6.07) is 11.2. The molecule has 1 atom stereocenters. The van der Waals surface area contributed by atoms with Crippen molar-refractivity contribution in [3.8, 4) is 6.07 Å². The molecule has 120 valence electrons. The van der Waals surface area contributed by atoms with Crippen LogP contribution in [0, 0.1) is 11.3 Å². The van der Waals surface area contributed by atoms with Crippen LogP contribution in [0.1, 0.15) is 43.4 Å². The summed E-state index contributed by atoms with van der Waals surface area (Å²) in [5.74, 6) is 0. The minimum Gasteiger partial charge on any atom is -0.264 e. The zero-order valence-electron chi connectivity index (χ0n) is 12.9. The molecule has 0 amide bonds. The quantitative estimate of drug-likeness (QED) is 0.846. The Morgan fingerprint density at radius 1 is 1.26 bits per heavy atom. The molecule has 2 aromatic rings. The molecule has 2 rings (SSSR count). The van der Waals surface area contributed by atoms with Crippen molar-refractivity contribution >= 4 is 10.0 Å². The van der Waals surface area contributed by atoms with E-state index in [1.54, 1.807) is 18.5 Å². The summed E-state index contributed by atoms with van der Waals surface area (Å²) in [6.45, 7) is 2.06. The first-order valence-corrected chi connectivity index (χ1v) is 8.97. The highest BCUT2D eigenvalue weighted by molar-refractivity contribution is 7.89. The van der Waals surface area contributed by atoms with Gasteiger partial charge in [-0.1, -0.05) is 25.8 Å². The van der Waals surface area contributed by atoms with Crippen LogP contribution in [0.2, 0.25) is 0 Å². The average molecular weight is 329 g/mol. The Morgan fingerprint density at radius 2 is 2.00 bits per heavy atom. The third kappa shape index (κ3) is 4.62. The summed E-state index contributed by atoms with van der Waals surface area (Å²) in [4.78, 5) is 4.22. The van der Waals surface area contributed by atoms with Gasteiger partial charge in [0.15, 0.2) is 0 Å². The van der Waals surface area contributed by atoms with Gasteiger partial charge in [-0.3, -0.25) is 4.98 Å². The second-order valence-corrected chi connectivity index (χ2v) is 6.95. The lowest BCUT2D eigenvalue weighted by molar-refractivity contribution is 0.524. The molecule has 0 spiro atoms. The molecular weight excluding hydrogens is 310 g/mol. The Labute approximate surface area is 137 Å². The van der Waals surface area contributed by atoms with E-state index in [0.717, 1.165) is 18.4 Å². The minimum atomic E-state index is -3.65. The summed E-state index contributed by atoms with van der Waals surface area (Å²) in [5.41, 5.74) is 1.27. The van der Waals surface area contributed by atoms with Crippen LogP contribution in [0.5, 0.6) is 0 Å². The maximum Gasteiger partial charge on any atom is 0.241 e. The molecule has 0 saturated carbocycles. The van der Waals surface area contributed by atoms with Crippen molar-refractivity contribution in [3.05, 3.63) is 59.9 Å². The third-order valence-electron chi connectivity index (χ3n) is 3.52. The van der Waals surface area contributed by atoms with E-state index in [1.165, 1.54) is 24.3 Å². The van der Waals surface area contributed by atoms with E-state index in [0.29, 0.717) is 12.0 Å². The number of rotatable bonds is 7. The number of hydrogen-bond acceptors (Lipinski definition) is 4. The van der Waals surface area contributed by atoms with E-state index < -0.39 is 10.0 Å². The summed E-state index contributed by atoms with van der Waals surface area (Å²) in [7, 11) is -3.65. The van der Waals surface area contributed by atoms with Crippen LogP contribution in [0.4, 0.5) is 0 Å². The Balaban J connectivity index is 2.24. The van der Waals surface area contributed by atoms with Gasteiger partial charge in [0.05, 0.1) is 16.5 Å². The molecule has 0 aliphatic heterocycles. The first-order valence-electron chi connectivity index (χ1n) is 7.49. The molecule has 0 fully saturated rings. The van der Waals surface area contributed by atoms with E-state index in [2.05, 4.69) is 16.6 Å². The van der Waals surface area contributed by atoms with Crippen LogP contribution in [-0.4, -0.2) is 13.4 Å². The maximum absolute atomic E-state index is 12.6. The first kappa shape index (κ1) is 17.1. The monoisotopic (exact) mass is 329 g/mol. The number of pyridine rings is 1. The molecule has 1 aromatic carbocycles. The van der Waals surface area contributed by atoms with Crippen molar-refractivity contribution in [1.82, 2.24) is 9.71 Å². The van der Waals surface area contributed by atoms with E-state index in [1.807, 2.05) is 12.1 Å². The summed E-state index contributed by atoms with van der Waals surface area (Å²) in [5, 5.41) is 8.80. The molecule has 1 heterocycles. The normalized spacial score (nSPS) is 12.5. The molecule has 23 heavy (non-hydrogen) atoms. The Morgan fingerprint density at radius 3 is 2.57 bits per heavy atom. The van der Waals surface area contributed by atoms with Crippen molar-refractivity contribution < 1.29 is 8.42 Å². The first-order chi connectivity index (χ1) is 11.1. The van der Waals surface area contributed by atoms with E-state index >= 15 is 0 Å². The smallest absolute Gasteiger partial charge is 0.241 e. The standard InChI is InChI=1S/C17H19N3O2S/c1-2-3-6-17(15-5-4-11-19-13-15)20-23(21,22)16-9-7-14(12-18)8-10-16/h4-5,7-11,13,17,20H,2-3,6H2,1H3. The topological polar surface area (TPSA) is 82.9 Å². The summed E-state index contributed by atoms with van der Waals surface area (Å²) in [6.07, 6.45) is 5.94. The zero-order valence-corrected chi connectivity index (χ0v) is 13.8. The van der Waals surface area contributed by atoms with Crippen LogP contribution in [-0.2, 0) is 10.0 Å². The molecule has 1 aromatic heterocycles. The maximum atomic E-state index is 12.6. The van der Waals surface area contributed by atoms with Gasteiger partial charge < -0.3 is 0 Å². The number of nitrogens with zero attached hydrogens (tertiary/aromatic N) is 2. The van der Waals surface area contributed by atoms with Gasteiger partial charge in [-0.05, 0) is 42.3 Å². The number of sulfonamides is 1. The van der Waals surface area contributed by atoms with Gasteiger partial charge in [0.2, 0.25) is 10.0 Å². The largest absolute Gasteiger partial charge is 0.264 e. The number of benzene rings is 1. The fourth-order valence-corrected chi connectivity index (χ4v) is 3.51. The molecule has 0 aliphatic carbocycles. The molecule has 1 unspecified atom stereocenters. The van der Waals surface area contributed by atoms with Gasteiger partial charge in [0.1, 0.15) is 0 Å².